The van der Waals surface area contributed by atoms with E-state index in [0.29, 0.717) is 19.3 Å². The molecular weight excluding hydrogens is 359 g/mol. The topological polar surface area (TPSA) is 121 Å². The monoisotopic (exact) mass is 388 g/mol. The minimum absolute atomic E-state index is 0. The van der Waals surface area contributed by atoms with Crippen LogP contribution in [0.25, 0.3) is 0 Å². The second kappa shape index (κ2) is 13.1. The molecule has 0 rings (SSSR count). The average Bonchev–Trinajstić information content (AvgIpc) is 2.48. The predicted molar refractivity (Wildman–Crippen MR) is 87.7 cm³/mol. The first-order valence-corrected chi connectivity index (χ1v) is 9.92. The molecule has 0 aromatic carbocycles. The standard InChI is InChI=1S/C16H30O7S.Na/c1-4-7-9-13(6-3)11-16(12-14(17)18,24(20,21)22)15(19)23-10-8-5-2;/h13H,4-12H2,1-3H3,(H,17,18)(H,20,21,22);/q;+1/p-1. The van der Waals surface area contributed by atoms with Crippen molar-refractivity contribution in [2.24, 2.45) is 5.92 Å². The Morgan fingerprint density at radius 2 is 1.72 bits per heavy atom. The summed E-state index contributed by atoms with van der Waals surface area (Å²) in [5, 5.41) is 11.1. The molecule has 2 atom stereocenters. The van der Waals surface area contributed by atoms with Gasteiger partial charge in [0.2, 0.25) is 0 Å². The van der Waals surface area contributed by atoms with Crippen LogP contribution in [-0.2, 0) is 24.4 Å². The van der Waals surface area contributed by atoms with Crippen molar-refractivity contribution in [3.8, 4) is 0 Å². The molecule has 0 aliphatic carbocycles. The number of unbranched alkanes of at least 4 members (excludes halogenated alkanes) is 2. The van der Waals surface area contributed by atoms with Gasteiger partial charge in [-0.3, -0.25) is 9.35 Å². The van der Waals surface area contributed by atoms with Gasteiger partial charge in [-0.15, -0.1) is 0 Å². The van der Waals surface area contributed by atoms with Crippen LogP contribution < -0.4 is 34.7 Å². The van der Waals surface area contributed by atoms with Gasteiger partial charge >= 0.3 is 35.5 Å². The van der Waals surface area contributed by atoms with E-state index in [1.165, 1.54) is 0 Å². The summed E-state index contributed by atoms with van der Waals surface area (Å²) >= 11 is 0. The number of hydrogen-bond acceptors (Lipinski definition) is 6. The number of carbonyl (C=O) groups excluding carboxylic acids is 2. The van der Waals surface area contributed by atoms with Gasteiger partial charge in [-0.05, 0) is 18.8 Å². The van der Waals surface area contributed by atoms with Crippen LogP contribution in [0, 0.1) is 5.92 Å². The summed E-state index contributed by atoms with van der Waals surface area (Å²) in [5.74, 6) is -3.15. The molecule has 7 nitrogen and oxygen atoms in total. The van der Waals surface area contributed by atoms with Gasteiger partial charge < -0.3 is 14.6 Å². The van der Waals surface area contributed by atoms with Crippen LogP contribution in [0.2, 0.25) is 0 Å². The van der Waals surface area contributed by atoms with Crippen LogP contribution in [0.5, 0.6) is 0 Å². The van der Waals surface area contributed by atoms with Crippen molar-refractivity contribution in [2.75, 3.05) is 6.61 Å². The van der Waals surface area contributed by atoms with Gasteiger partial charge in [0.1, 0.15) is 0 Å². The van der Waals surface area contributed by atoms with Crippen molar-refractivity contribution < 1.29 is 62.0 Å². The Kier molecular flexibility index (Phi) is 14.2. The molecule has 0 fully saturated rings. The van der Waals surface area contributed by atoms with Crippen molar-refractivity contribution in [1.82, 2.24) is 0 Å². The third kappa shape index (κ3) is 8.86. The van der Waals surface area contributed by atoms with E-state index < -0.39 is 33.2 Å². The third-order valence-corrected chi connectivity index (χ3v) is 5.65. The van der Waals surface area contributed by atoms with Gasteiger partial charge in [0.05, 0.1) is 6.61 Å². The number of esters is 1. The van der Waals surface area contributed by atoms with Gasteiger partial charge in [0.25, 0.3) is 10.1 Å². The minimum Gasteiger partial charge on any atom is -0.550 e. The van der Waals surface area contributed by atoms with Gasteiger partial charge in [0.15, 0.2) is 4.75 Å². The Morgan fingerprint density at radius 1 is 1.16 bits per heavy atom. The molecule has 0 aromatic rings. The maximum atomic E-state index is 12.4. The summed E-state index contributed by atoms with van der Waals surface area (Å²) in [6.45, 7) is 5.65. The fourth-order valence-electron chi connectivity index (χ4n) is 2.61. The molecule has 0 aliphatic rings. The van der Waals surface area contributed by atoms with E-state index in [2.05, 4.69) is 0 Å². The second-order valence-corrected chi connectivity index (χ2v) is 7.86. The molecule has 0 spiro atoms. The zero-order valence-electron chi connectivity index (χ0n) is 15.7. The van der Waals surface area contributed by atoms with Gasteiger partial charge in [-0.1, -0.05) is 52.9 Å². The maximum Gasteiger partial charge on any atom is 1.00 e. The average molecular weight is 388 g/mol. The zero-order valence-corrected chi connectivity index (χ0v) is 18.6. The number of ether oxygens (including phenoxy) is 1. The van der Waals surface area contributed by atoms with Crippen LogP contribution in [-0.4, -0.2) is 36.3 Å². The fourth-order valence-corrected chi connectivity index (χ4v) is 3.63. The quantitative estimate of drug-likeness (QED) is 0.180. The summed E-state index contributed by atoms with van der Waals surface area (Å²) in [4.78, 5) is 23.5. The summed E-state index contributed by atoms with van der Waals surface area (Å²) in [6, 6.07) is 0. The van der Waals surface area contributed by atoms with Crippen molar-refractivity contribution in [3.63, 3.8) is 0 Å². The molecule has 25 heavy (non-hydrogen) atoms. The Morgan fingerprint density at radius 3 is 2.12 bits per heavy atom. The third-order valence-electron chi connectivity index (χ3n) is 4.19. The van der Waals surface area contributed by atoms with Gasteiger partial charge in [-0.25, -0.2) is 0 Å². The summed E-state index contributed by atoms with van der Waals surface area (Å²) in [6.07, 6.45) is 2.74. The van der Waals surface area contributed by atoms with Crippen LogP contribution >= 0.6 is 0 Å². The first kappa shape index (κ1) is 27.1. The molecule has 0 heterocycles. The first-order valence-electron chi connectivity index (χ1n) is 8.48. The molecular formula is C16H29NaO7S. The molecule has 0 saturated heterocycles. The maximum absolute atomic E-state index is 12.4. The molecule has 0 amide bonds. The second-order valence-electron chi connectivity index (χ2n) is 6.13. The van der Waals surface area contributed by atoms with Crippen molar-refractivity contribution in [2.45, 2.75) is 76.9 Å². The summed E-state index contributed by atoms with van der Waals surface area (Å²) in [7, 11) is -4.98. The SMILES string of the molecule is CCCCOC(=O)C(CC(=O)[O-])(CC(CC)CCCC)S(=O)(=O)O.[Na+]. The zero-order chi connectivity index (χ0) is 18.8. The van der Waals surface area contributed by atoms with E-state index in [1.54, 1.807) is 0 Å². The Hall–Kier alpha value is -0.150. The van der Waals surface area contributed by atoms with Crippen LogP contribution in [0.15, 0.2) is 0 Å². The molecule has 2 unspecified atom stereocenters. The van der Waals surface area contributed by atoms with E-state index in [0.717, 1.165) is 19.3 Å². The van der Waals surface area contributed by atoms with E-state index >= 15 is 0 Å². The molecule has 0 radical (unpaired) electrons. The normalized spacial score (nSPS) is 14.9. The molecule has 0 aromatic heterocycles. The number of carboxylic acids is 1. The van der Waals surface area contributed by atoms with Crippen LogP contribution in [0.3, 0.4) is 0 Å². The molecule has 0 saturated carbocycles. The van der Waals surface area contributed by atoms with E-state index in [4.69, 9.17) is 4.74 Å². The number of rotatable bonds is 13. The van der Waals surface area contributed by atoms with E-state index in [9.17, 15) is 27.7 Å². The van der Waals surface area contributed by atoms with E-state index in [1.807, 2.05) is 20.8 Å². The first-order chi connectivity index (χ1) is 11.1. The largest absolute Gasteiger partial charge is 1.00 e. The molecule has 1 N–H and O–H groups in total. The fraction of sp³-hybridized carbons (Fsp3) is 0.875. The Labute approximate surface area is 172 Å². The number of carboxylic acid groups (broad SMARTS) is 1. The smallest absolute Gasteiger partial charge is 0.550 e. The Balaban J connectivity index is 0. The van der Waals surface area contributed by atoms with Crippen molar-refractivity contribution in [3.05, 3.63) is 0 Å². The number of aliphatic carboxylic acids is 1. The number of hydrogen-bond donors (Lipinski definition) is 1. The minimum atomic E-state index is -4.98. The van der Waals surface area contributed by atoms with Gasteiger partial charge in [-0.2, -0.15) is 8.42 Å². The molecule has 0 bridgehead atoms. The summed E-state index contributed by atoms with van der Waals surface area (Å²) < 4.78 is 36.0. The predicted octanol–water partition coefficient (Wildman–Crippen LogP) is -1.29. The molecule has 142 valence electrons. The number of carbonyl (C=O) groups is 2. The molecule has 0 aliphatic heterocycles. The summed E-state index contributed by atoms with van der Waals surface area (Å²) in [5.41, 5.74) is 0. The van der Waals surface area contributed by atoms with Crippen molar-refractivity contribution in [1.29, 1.82) is 0 Å². The van der Waals surface area contributed by atoms with Crippen LogP contribution in [0.4, 0.5) is 0 Å². The Bertz CT molecular complexity index is 507. The van der Waals surface area contributed by atoms with Crippen LogP contribution in [0.1, 0.15) is 72.1 Å². The van der Waals surface area contributed by atoms with Gasteiger partial charge in [0, 0.05) is 12.4 Å². The van der Waals surface area contributed by atoms with E-state index in [-0.39, 0.29) is 48.5 Å². The molecule has 9 heteroatoms. The van der Waals surface area contributed by atoms with Crippen molar-refractivity contribution >= 4 is 22.1 Å².